The molecule has 5 atom stereocenters. The molecule has 1 N–H and O–H groups in total. The molecular formula is C18H30O4. The smallest absolute Gasteiger partial charge is 0.293 e. The summed E-state index contributed by atoms with van der Waals surface area (Å²) < 4.78 is 11.4. The van der Waals surface area contributed by atoms with Crippen LogP contribution in [-0.4, -0.2) is 29.6 Å². The zero-order valence-corrected chi connectivity index (χ0v) is 13.9. The van der Waals surface area contributed by atoms with Crippen LogP contribution in [0, 0.1) is 23.7 Å². The highest BCUT2D eigenvalue weighted by Gasteiger charge is 2.51. The first kappa shape index (κ1) is 16.3. The van der Waals surface area contributed by atoms with Crippen molar-refractivity contribution in [2.45, 2.75) is 83.2 Å². The first-order valence-electron chi connectivity index (χ1n) is 8.96. The van der Waals surface area contributed by atoms with Crippen molar-refractivity contribution in [3.63, 3.8) is 0 Å². The van der Waals surface area contributed by atoms with Gasteiger partial charge in [-0.05, 0) is 57.8 Å². The Balaban J connectivity index is 1.59. The van der Waals surface area contributed by atoms with Crippen molar-refractivity contribution in [2.75, 3.05) is 0 Å². The molecule has 0 aliphatic heterocycles. The van der Waals surface area contributed by atoms with Crippen LogP contribution in [0.25, 0.3) is 0 Å². The van der Waals surface area contributed by atoms with Crippen LogP contribution in [0.5, 0.6) is 0 Å². The molecule has 0 radical (unpaired) electrons. The van der Waals surface area contributed by atoms with Gasteiger partial charge in [-0.2, -0.15) is 0 Å². The average molecular weight is 310 g/mol. The van der Waals surface area contributed by atoms with E-state index >= 15 is 0 Å². The van der Waals surface area contributed by atoms with E-state index < -0.39 is 6.29 Å². The molecular weight excluding hydrogens is 280 g/mol. The van der Waals surface area contributed by atoms with E-state index in [0.29, 0.717) is 18.3 Å². The minimum Gasteiger partial charge on any atom is -0.464 e. The van der Waals surface area contributed by atoms with E-state index in [4.69, 9.17) is 9.47 Å². The lowest BCUT2D eigenvalue weighted by atomic mass is 9.78. The third-order valence-corrected chi connectivity index (χ3v) is 6.41. The summed E-state index contributed by atoms with van der Waals surface area (Å²) in [5.41, 5.74) is -0.275. The standard InChI is InChI=1S/C18H30O4/c1-18(2,13-6-4-3-5-7-13)22-17(20)15-9-12-8-14(15)16(10-12)21-11-19/h11-17,20H,3-10H2,1-2H3. The van der Waals surface area contributed by atoms with Crippen molar-refractivity contribution < 1.29 is 19.4 Å². The van der Waals surface area contributed by atoms with Crippen LogP contribution in [0.1, 0.15) is 65.2 Å². The van der Waals surface area contributed by atoms with Crippen molar-refractivity contribution in [3.05, 3.63) is 0 Å². The van der Waals surface area contributed by atoms with E-state index in [0.717, 1.165) is 19.3 Å². The Morgan fingerprint density at radius 2 is 1.86 bits per heavy atom. The number of hydrogen-bond donors (Lipinski definition) is 1. The Bertz CT molecular complexity index is 389. The molecule has 0 spiro atoms. The molecule has 4 heteroatoms. The predicted molar refractivity (Wildman–Crippen MR) is 83.0 cm³/mol. The maximum absolute atomic E-state index is 10.7. The van der Waals surface area contributed by atoms with Crippen molar-refractivity contribution in [3.8, 4) is 0 Å². The van der Waals surface area contributed by atoms with Gasteiger partial charge in [-0.25, -0.2) is 0 Å². The quantitative estimate of drug-likeness (QED) is 0.604. The number of ether oxygens (including phenoxy) is 2. The monoisotopic (exact) mass is 310 g/mol. The van der Waals surface area contributed by atoms with Crippen LogP contribution < -0.4 is 0 Å². The lowest BCUT2D eigenvalue weighted by Crippen LogP contribution is -2.44. The fourth-order valence-electron chi connectivity index (χ4n) is 5.19. The predicted octanol–water partition coefficient (Wildman–Crippen LogP) is 3.27. The van der Waals surface area contributed by atoms with Crippen LogP contribution in [0.4, 0.5) is 0 Å². The summed E-state index contributed by atoms with van der Waals surface area (Å²) in [4.78, 5) is 10.6. The van der Waals surface area contributed by atoms with Gasteiger partial charge < -0.3 is 14.6 Å². The number of carbonyl (C=O) groups is 1. The lowest BCUT2D eigenvalue weighted by molar-refractivity contribution is -0.228. The van der Waals surface area contributed by atoms with Crippen LogP contribution in [0.15, 0.2) is 0 Å². The molecule has 0 amide bonds. The van der Waals surface area contributed by atoms with Gasteiger partial charge in [0.1, 0.15) is 6.10 Å². The Morgan fingerprint density at radius 1 is 1.14 bits per heavy atom. The third kappa shape index (κ3) is 3.18. The highest BCUT2D eigenvalue weighted by atomic mass is 16.6. The zero-order chi connectivity index (χ0) is 15.7. The average Bonchev–Trinajstić information content (AvgIpc) is 3.08. The Hall–Kier alpha value is -0.610. The minimum atomic E-state index is -0.732. The second-order valence-electron chi connectivity index (χ2n) is 8.12. The molecule has 0 aromatic rings. The van der Waals surface area contributed by atoms with Crippen molar-refractivity contribution >= 4 is 6.47 Å². The maximum atomic E-state index is 10.7. The molecule has 3 saturated carbocycles. The van der Waals surface area contributed by atoms with Crippen molar-refractivity contribution in [1.29, 1.82) is 0 Å². The van der Waals surface area contributed by atoms with E-state index in [1.807, 2.05) is 0 Å². The third-order valence-electron chi connectivity index (χ3n) is 6.41. The summed E-state index contributed by atoms with van der Waals surface area (Å²) in [6.07, 6.45) is 8.56. The number of hydrogen-bond acceptors (Lipinski definition) is 4. The summed E-state index contributed by atoms with van der Waals surface area (Å²) in [6.45, 7) is 4.80. The van der Waals surface area contributed by atoms with Gasteiger partial charge in [0.25, 0.3) is 6.47 Å². The first-order chi connectivity index (χ1) is 10.5. The van der Waals surface area contributed by atoms with Gasteiger partial charge in [-0.15, -0.1) is 0 Å². The second kappa shape index (κ2) is 6.48. The number of carbonyl (C=O) groups excluding carboxylic acids is 1. The summed E-state index contributed by atoms with van der Waals surface area (Å²) in [7, 11) is 0. The van der Waals surface area contributed by atoms with E-state index in [9.17, 15) is 9.90 Å². The van der Waals surface area contributed by atoms with Gasteiger partial charge in [0, 0.05) is 11.8 Å². The molecule has 4 nitrogen and oxygen atoms in total. The van der Waals surface area contributed by atoms with Gasteiger partial charge in [-0.3, -0.25) is 4.79 Å². The first-order valence-corrected chi connectivity index (χ1v) is 8.96. The number of fused-ring (bicyclic) bond motifs is 2. The molecule has 3 rings (SSSR count). The van der Waals surface area contributed by atoms with Crippen molar-refractivity contribution in [1.82, 2.24) is 0 Å². The molecule has 126 valence electrons. The molecule has 22 heavy (non-hydrogen) atoms. The minimum absolute atomic E-state index is 0.0164. The molecule has 0 aromatic heterocycles. The molecule has 0 heterocycles. The Morgan fingerprint density at radius 3 is 2.50 bits per heavy atom. The SMILES string of the molecule is CC(C)(OC(O)C1CC2CC(OC=O)C1C2)C1CCCCC1. The molecule has 5 unspecified atom stereocenters. The van der Waals surface area contributed by atoms with Gasteiger partial charge in [0.05, 0.1) is 5.60 Å². The topological polar surface area (TPSA) is 55.8 Å². The maximum Gasteiger partial charge on any atom is 0.293 e. The van der Waals surface area contributed by atoms with E-state index in [-0.39, 0.29) is 23.5 Å². The summed E-state index contributed by atoms with van der Waals surface area (Å²) in [6, 6.07) is 0. The van der Waals surface area contributed by atoms with Gasteiger partial charge in [0.15, 0.2) is 6.29 Å². The normalized spacial score (nSPS) is 37.2. The zero-order valence-electron chi connectivity index (χ0n) is 13.9. The van der Waals surface area contributed by atoms with E-state index in [1.54, 1.807) is 0 Å². The number of aliphatic hydroxyl groups excluding tert-OH is 1. The number of aliphatic hydroxyl groups is 1. The molecule has 3 aliphatic rings. The van der Waals surface area contributed by atoms with Gasteiger partial charge in [0.2, 0.25) is 0 Å². The molecule has 3 aliphatic carbocycles. The van der Waals surface area contributed by atoms with Crippen LogP contribution in [-0.2, 0) is 14.3 Å². The fourth-order valence-corrected chi connectivity index (χ4v) is 5.19. The van der Waals surface area contributed by atoms with Crippen LogP contribution in [0.3, 0.4) is 0 Å². The van der Waals surface area contributed by atoms with Crippen molar-refractivity contribution in [2.24, 2.45) is 23.7 Å². The summed E-state index contributed by atoms with van der Waals surface area (Å²) in [5, 5.41) is 10.7. The van der Waals surface area contributed by atoms with Crippen LogP contribution >= 0.6 is 0 Å². The highest BCUT2D eigenvalue weighted by molar-refractivity contribution is 5.37. The van der Waals surface area contributed by atoms with E-state index in [1.165, 1.54) is 32.1 Å². The Kier molecular flexibility index (Phi) is 4.79. The van der Waals surface area contributed by atoms with E-state index in [2.05, 4.69) is 13.8 Å². The molecule has 2 bridgehead atoms. The molecule has 0 aromatic carbocycles. The Labute approximate surface area is 133 Å². The summed E-state index contributed by atoms with van der Waals surface area (Å²) >= 11 is 0. The van der Waals surface area contributed by atoms with Gasteiger partial charge in [-0.1, -0.05) is 19.3 Å². The largest absolute Gasteiger partial charge is 0.464 e. The second-order valence-corrected chi connectivity index (χ2v) is 8.12. The molecule has 3 fully saturated rings. The molecule has 0 saturated heterocycles. The lowest BCUT2D eigenvalue weighted by Gasteiger charge is -2.41. The number of rotatable bonds is 6. The van der Waals surface area contributed by atoms with Gasteiger partial charge >= 0.3 is 0 Å². The highest BCUT2D eigenvalue weighted by Crippen LogP contribution is 2.51. The summed E-state index contributed by atoms with van der Waals surface area (Å²) in [5.74, 6) is 1.51. The fraction of sp³-hybridized carbons (Fsp3) is 0.944. The van der Waals surface area contributed by atoms with Crippen LogP contribution in [0.2, 0.25) is 0 Å².